The maximum absolute atomic E-state index is 13.3. The average Bonchev–Trinajstić information content (AvgIpc) is 3.69. The summed E-state index contributed by atoms with van der Waals surface area (Å²) in [5, 5.41) is 13.1. The van der Waals surface area contributed by atoms with Gasteiger partial charge in [-0.05, 0) is 56.1 Å². The Labute approximate surface area is 220 Å². The molecule has 1 unspecified atom stereocenters. The fraction of sp³-hybridized carbons (Fsp3) is 0.407. The highest BCUT2D eigenvalue weighted by Crippen LogP contribution is 2.28. The van der Waals surface area contributed by atoms with Gasteiger partial charge in [0.1, 0.15) is 5.82 Å². The SMILES string of the molecule is CCN(CC)C(C)CNC(=O)c1cc(N[C@H]2CCOC2)nc(-c2cnn3ccc(-c4cccs4)nc23)c1. The van der Waals surface area contributed by atoms with Gasteiger partial charge in [-0.3, -0.25) is 9.69 Å². The van der Waals surface area contributed by atoms with Gasteiger partial charge in [0.05, 0.1) is 40.7 Å². The lowest BCUT2D eigenvalue weighted by molar-refractivity contribution is 0.0938. The van der Waals surface area contributed by atoms with Crippen molar-refractivity contribution >= 4 is 28.7 Å². The number of nitrogens with one attached hydrogen (secondary N) is 2. The molecule has 4 aromatic heterocycles. The lowest BCUT2D eigenvalue weighted by atomic mass is 10.1. The second-order valence-corrected chi connectivity index (χ2v) is 10.2. The molecule has 0 aliphatic carbocycles. The lowest BCUT2D eigenvalue weighted by Gasteiger charge is -2.26. The van der Waals surface area contributed by atoms with Crippen LogP contribution in [0.3, 0.4) is 0 Å². The van der Waals surface area contributed by atoms with Gasteiger partial charge in [-0.25, -0.2) is 14.5 Å². The van der Waals surface area contributed by atoms with Crippen LogP contribution < -0.4 is 10.6 Å². The number of aromatic nitrogens is 4. The van der Waals surface area contributed by atoms with Crippen molar-refractivity contribution in [1.82, 2.24) is 29.8 Å². The first-order valence-electron chi connectivity index (χ1n) is 12.8. The maximum Gasteiger partial charge on any atom is 0.251 e. The topological polar surface area (TPSA) is 96.7 Å². The summed E-state index contributed by atoms with van der Waals surface area (Å²) in [5.41, 5.74) is 3.55. The molecule has 1 saturated heterocycles. The van der Waals surface area contributed by atoms with Crippen molar-refractivity contribution < 1.29 is 9.53 Å². The van der Waals surface area contributed by atoms with Crippen molar-refractivity contribution in [2.75, 3.05) is 38.2 Å². The minimum Gasteiger partial charge on any atom is -0.379 e. The standard InChI is InChI=1S/C27H33N7O2S/c1-4-33(5-2)18(3)15-28-27(35)19-13-23(31-25(14-19)30-20-9-11-36-17-20)21-16-29-34-10-8-22(32-26(21)34)24-7-6-12-37-24/h6-8,10,12-14,16,18,20H,4-5,9,11,15,17H2,1-3H3,(H,28,35)(H,30,31)/t18?,20-/m0/s1. The van der Waals surface area contributed by atoms with Gasteiger partial charge in [0, 0.05) is 31.0 Å². The van der Waals surface area contributed by atoms with Crippen LogP contribution in [0.4, 0.5) is 5.82 Å². The second-order valence-electron chi connectivity index (χ2n) is 9.23. The monoisotopic (exact) mass is 519 g/mol. The number of hydrogen-bond donors (Lipinski definition) is 2. The Morgan fingerprint density at radius 2 is 2.11 bits per heavy atom. The molecule has 5 heterocycles. The quantitative estimate of drug-likeness (QED) is 0.324. The van der Waals surface area contributed by atoms with Crippen molar-refractivity contribution in [3.8, 4) is 21.8 Å². The predicted molar refractivity (Wildman–Crippen MR) is 147 cm³/mol. The number of hydrogen-bond acceptors (Lipinski definition) is 8. The zero-order chi connectivity index (χ0) is 25.8. The molecule has 1 aliphatic rings. The highest BCUT2D eigenvalue weighted by atomic mass is 32.1. The highest BCUT2D eigenvalue weighted by molar-refractivity contribution is 7.13. The van der Waals surface area contributed by atoms with Crippen molar-refractivity contribution in [2.24, 2.45) is 0 Å². The van der Waals surface area contributed by atoms with Crippen LogP contribution in [0.2, 0.25) is 0 Å². The first kappa shape index (κ1) is 25.3. The first-order valence-corrected chi connectivity index (χ1v) is 13.7. The minimum atomic E-state index is -0.128. The third-order valence-electron chi connectivity index (χ3n) is 6.78. The summed E-state index contributed by atoms with van der Waals surface area (Å²) >= 11 is 1.64. The molecule has 1 fully saturated rings. The molecule has 2 atom stereocenters. The molecule has 5 rings (SSSR count). The number of carbonyl (C=O) groups is 1. The van der Waals surface area contributed by atoms with Crippen LogP contribution in [-0.4, -0.2) is 75.3 Å². The van der Waals surface area contributed by atoms with E-state index >= 15 is 0 Å². The molecule has 1 amide bonds. The normalized spacial score (nSPS) is 16.4. The number of pyridine rings is 1. The van der Waals surface area contributed by atoms with Gasteiger partial charge < -0.3 is 15.4 Å². The number of fused-ring (bicyclic) bond motifs is 1. The van der Waals surface area contributed by atoms with Gasteiger partial charge >= 0.3 is 0 Å². The summed E-state index contributed by atoms with van der Waals surface area (Å²) in [4.78, 5) is 26.4. The van der Waals surface area contributed by atoms with Crippen molar-refractivity contribution in [2.45, 2.75) is 39.3 Å². The molecule has 194 valence electrons. The van der Waals surface area contributed by atoms with E-state index in [0.717, 1.165) is 42.3 Å². The second kappa shape index (κ2) is 11.4. The van der Waals surface area contributed by atoms with Crippen LogP contribution in [0.25, 0.3) is 27.5 Å². The number of thiophene rings is 1. The Morgan fingerprint density at radius 3 is 2.84 bits per heavy atom. The molecule has 0 spiro atoms. The summed E-state index contributed by atoms with van der Waals surface area (Å²) in [6.07, 6.45) is 4.56. The summed E-state index contributed by atoms with van der Waals surface area (Å²) in [7, 11) is 0. The van der Waals surface area contributed by atoms with Crippen LogP contribution in [0, 0.1) is 0 Å². The molecule has 0 aromatic carbocycles. The number of anilines is 1. The van der Waals surface area contributed by atoms with Gasteiger partial charge in [0.15, 0.2) is 5.65 Å². The van der Waals surface area contributed by atoms with E-state index in [1.807, 2.05) is 41.9 Å². The predicted octanol–water partition coefficient (Wildman–Crippen LogP) is 4.18. The van der Waals surface area contributed by atoms with E-state index in [9.17, 15) is 4.79 Å². The Kier molecular flexibility index (Phi) is 7.78. The molecular formula is C27H33N7O2S. The summed E-state index contributed by atoms with van der Waals surface area (Å²) < 4.78 is 7.27. The zero-order valence-corrected chi connectivity index (χ0v) is 22.3. The summed E-state index contributed by atoms with van der Waals surface area (Å²) in [6.45, 7) is 10.2. The third-order valence-corrected chi connectivity index (χ3v) is 7.67. The minimum absolute atomic E-state index is 0.128. The van der Waals surface area contributed by atoms with E-state index in [1.54, 1.807) is 22.0 Å². The van der Waals surface area contributed by atoms with E-state index < -0.39 is 0 Å². The van der Waals surface area contributed by atoms with E-state index in [4.69, 9.17) is 14.7 Å². The summed E-state index contributed by atoms with van der Waals surface area (Å²) in [5.74, 6) is 0.515. The highest BCUT2D eigenvalue weighted by Gasteiger charge is 2.20. The van der Waals surface area contributed by atoms with E-state index in [0.29, 0.717) is 35.9 Å². The van der Waals surface area contributed by atoms with Gasteiger partial charge in [-0.2, -0.15) is 5.10 Å². The zero-order valence-electron chi connectivity index (χ0n) is 21.5. The number of nitrogens with zero attached hydrogens (tertiary/aromatic N) is 5. The first-order chi connectivity index (χ1) is 18.1. The van der Waals surface area contributed by atoms with Crippen molar-refractivity contribution in [1.29, 1.82) is 0 Å². The van der Waals surface area contributed by atoms with Crippen molar-refractivity contribution in [3.63, 3.8) is 0 Å². The Morgan fingerprint density at radius 1 is 1.24 bits per heavy atom. The molecule has 4 aromatic rings. The molecule has 9 nitrogen and oxygen atoms in total. The molecule has 2 N–H and O–H groups in total. The number of amides is 1. The van der Waals surface area contributed by atoms with Gasteiger partial charge in [-0.15, -0.1) is 11.3 Å². The molecule has 0 saturated carbocycles. The fourth-order valence-electron chi connectivity index (χ4n) is 4.66. The van der Waals surface area contributed by atoms with Crippen LogP contribution in [0.1, 0.15) is 37.6 Å². The molecule has 0 radical (unpaired) electrons. The number of ether oxygens (including phenoxy) is 1. The van der Waals surface area contributed by atoms with Gasteiger partial charge in [-0.1, -0.05) is 19.9 Å². The van der Waals surface area contributed by atoms with Gasteiger partial charge in [0.2, 0.25) is 0 Å². The van der Waals surface area contributed by atoms with Gasteiger partial charge in [0.25, 0.3) is 5.91 Å². The number of rotatable bonds is 10. The summed E-state index contributed by atoms with van der Waals surface area (Å²) in [6, 6.07) is 10.1. The molecule has 37 heavy (non-hydrogen) atoms. The Balaban J connectivity index is 1.48. The average molecular weight is 520 g/mol. The van der Waals surface area contributed by atoms with Crippen LogP contribution in [-0.2, 0) is 4.74 Å². The van der Waals surface area contributed by atoms with Crippen LogP contribution in [0.5, 0.6) is 0 Å². The molecule has 1 aliphatic heterocycles. The smallest absolute Gasteiger partial charge is 0.251 e. The molecule has 0 bridgehead atoms. The maximum atomic E-state index is 13.3. The van der Waals surface area contributed by atoms with E-state index in [-0.39, 0.29) is 18.0 Å². The van der Waals surface area contributed by atoms with Crippen LogP contribution >= 0.6 is 11.3 Å². The third kappa shape index (κ3) is 5.66. The lowest BCUT2D eigenvalue weighted by Crippen LogP contribution is -2.42. The van der Waals surface area contributed by atoms with Crippen LogP contribution in [0.15, 0.2) is 48.1 Å². The number of likely N-dealkylation sites (N-methyl/N-ethyl adjacent to an activating group) is 1. The molecular weight excluding hydrogens is 486 g/mol. The fourth-order valence-corrected chi connectivity index (χ4v) is 5.36. The largest absolute Gasteiger partial charge is 0.379 e. The van der Waals surface area contributed by atoms with E-state index in [2.05, 4.69) is 41.4 Å². The number of carbonyl (C=O) groups excluding carboxylic acids is 1. The van der Waals surface area contributed by atoms with E-state index in [1.165, 1.54) is 0 Å². The van der Waals surface area contributed by atoms with Crippen molar-refractivity contribution in [3.05, 3.63) is 53.7 Å². The molecule has 10 heteroatoms. The Hall–Kier alpha value is -3.34. The Bertz CT molecular complexity index is 1340.